The standard InChI is InChI=1S/C12H10O2.C2H6/c1-14-12-5-4-10-6-9(8-13)2-3-11(10)7-12;1-2/h2-8H,1H3;1-2H3. The van der Waals surface area contributed by atoms with Crippen LogP contribution in [0.3, 0.4) is 0 Å². The third kappa shape index (κ3) is 2.60. The maximum Gasteiger partial charge on any atom is 0.150 e. The van der Waals surface area contributed by atoms with Crippen LogP contribution in [0.15, 0.2) is 36.4 Å². The van der Waals surface area contributed by atoms with Gasteiger partial charge in [0, 0.05) is 5.56 Å². The summed E-state index contributed by atoms with van der Waals surface area (Å²) >= 11 is 0. The third-order valence-corrected chi connectivity index (χ3v) is 2.21. The van der Waals surface area contributed by atoms with Crippen molar-refractivity contribution in [3.63, 3.8) is 0 Å². The molecule has 16 heavy (non-hydrogen) atoms. The smallest absolute Gasteiger partial charge is 0.150 e. The normalized spacial score (nSPS) is 9.19. The topological polar surface area (TPSA) is 26.3 Å². The summed E-state index contributed by atoms with van der Waals surface area (Å²) in [6.07, 6.45) is 0.851. The number of benzene rings is 2. The summed E-state index contributed by atoms with van der Waals surface area (Å²) in [5.41, 5.74) is 0.697. The lowest BCUT2D eigenvalue weighted by Crippen LogP contribution is -1.83. The van der Waals surface area contributed by atoms with Gasteiger partial charge in [0.1, 0.15) is 12.0 Å². The van der Waals surface area contributed by atoms with E-state index in [0.29, 0.717) is 5.56 Å². The maximum atomic E-state index is 10.5. The van der Waals surface area contributed by atoms with E-state index in [9.17, 15) is 4.79 Å². The van der Waals surface area contributed by atoms with Crippen molar-refractivity contribution >= 4 is 17.1 Å². The number of ether oxygens (including phenoxy) is 1. The van der Waals surface area contributed by atoms with Crippen LogP contribution in [-0.4, -0.2) is 13.4 Å². The number of hydrogen-bond acceptors (Lipinski definition) is 2. The molecule has 0 aliphatic heterocycles. The Morgan fingerprint density at radius 2 is 1.62 bits per heavy atom. The van der Waals surface area contributed by atoms with E-state index in [1.807, 2.05) is 44.2 Å². The summed E-state index contributed by atoms with van der Waals surface area (Å²) in [6, 6.07) is 11.4. The molecule has 0 N–H and O–H groups in total. The number of carbonyl (C=O) groups is 1. The summed E-state index contributed by atoms with van der Waals surface area (Å²) < 4.78 is 5.11. The molecule has 84 valence electrons. The highest BCUT2D eigenvalue weighted by atomic mass is 16.5. The predicted octanol–water partition coefficient (Wildman–Crippen LogP) is 3.69. The Kier molecular flexibility index (Phi) is 4.52. The number of fused-ring (bicyclic) bond motifs is 1. The van der Waals surface area contributed by atoms with Crippen molar-refractivity contribution < 1.29 is 9.53 Å². The zero-order valence-corrected chi connectivity index (χ0v) is 9.86. The zero-order valence-electron chi connectivity index (χ0n) is 9.86. The Morgan fingerprint density at radius 3 is 2.25 bits per heavy atom. The van der Waals surface area contributed by atoms with Crippen LogP contribution in [0.2, 0.25) is 0 Å². The first kappa shape index (κ1) is 12.2. The molecule has 0 fully saturated rings. The molecule has 2 aromatic carbocycles. The van der Waals surface area contributed by atoms with Crippen LogP contribution < -0.4 is 4.74 Å². The number of carbonyl (C=O) groups excluding carboxylic acids is 1. The second-order valence-corrected chi connectivity index (χ2v) is 3.09. The molecule has 2 nitrogen and oxygen atoms in total. The summed E-state index contributed by atoms with van der Waals surface area (Å²) in [5, 5.41) is 2.13. The van der Waals surface area contributed by atoms with E-state index in [1.54, 1.807) is 13.2 Å². The molecule has 0 amide bonds. The second kappa shape index (κ2) is 5.91. The van der Waals surface area contributed by atoms with Crippen LogP contribution in [0.25, 0.3) is 10.8 Å². The molecule has 2 aromatic rings. The van der Waals surface area contributed by atoms with E-state index in [0.717, 1.165) is 22.8 Å². The van der Waals surface area contributed by atoms with E-state index in [2.05, 4.69) is 0 Å². The number of hydrogen-bond donors (Lipinski definition) is 0. The molecular weight excluding hydrogens is 200 g/mol. The van der Waals surface area contributed by atoms with Gasteiger partial charge in [-0.2, -0.15) is 0 Å². The van der Waals surface area contributed by atoms with Crippen LogP contribution in [0.1, 0.15) is 24.2 Å². The molecule has 0 bridgehead atoms. The first-order valence-electron chi connectivity index (χ1n) is 5.36. The Bertz CT molecular complexity index is 475. The van der Waals surface area contributed by atoms with E-state index in [-0.39, 0.29) is 0 Å². The molecule has 0 atom stereocenters. The molecule has 0 aliphatic carbocycles. The van der Waals surface area contributed by atoms with Crippen LogP contribution >= 0.6 is 0 Å². The Morgan fingerprint density at radius 1 is 1.00 bits per heavy atom. The highest BCUT2D eigenvalue weighted by molar-refractivity contribution is 5.89. The fourth-order valence-electron chi connectivity index (χ4n) is 1.44. The van der Waals surface area contributed by atoms with Crippen LogP contribution in [0, 0.1) is 0 Å². The largest absolute Gasteiger partial charge is 0.497 e. The van der Waals surface area contributed by atoms with Crippen LogP contribution in [-0.2, 0) is 0 Å². The number of rotatable bonds is 2. The average Bonchev–Trinajstić information content (AvgIpc) is 2.39. The number of methoxy groups -OCH3 is 1. The molecular formula is C14H16O2. The van der Waals surface area contributed by atoms with Gasteiger partial charge in [0.05, 0.1) is 7.11 Å². The molecule has 0 aliphatic rings. The van der Waals surface area contributed by atoms with Gasteiger partial charge >= 0.3 is 0 Å². The molecule has 0 saturated carbocycles. The molecule has 0 heterocycles. The predicted molar refractivity (Wildman–Crippen MR) is 67.2 cm³/mol. The van der Waals surface area contributed by atoms with Gasteiger partial charge in [-0.15, -0.1) is 0 Å². The van der Waals surface area contributed by atoms with E-state index >= 15 is 0 Å². The molecule has 0 radical (unpaired) electrons. The van der Waals surface area contributed by atoms with Gasteiger partial charge in [-0.25, -0.2) is 0 Å². The average molecular weight is 216 g/mol. The van der Waals surface area contributed by atoms with Gasteiger partial charge in [0.25, 0.3) is 0 Å². The van der Waals surface area contributed by atoms with Crippen LogP contribution in [0.4, 0.5) is 0 Å². The van der Waals surface area contributed by atoms with Crippen molar-refractivity contribution in [3.05, 3.63) is 42.0 Å². The molecule has 2 heteroatoms. The van der Waals surface area contributed by atoms with Gasteiger partial charge < -0.3 is 4.74 Å². The minimum Gasteiger partial charge on any atom is -0.497 e. The van der Waals surface area contributed by atoms with Crippen molar-refractivity contribution in [2.24, 2.45) is 0 Å². The fraction of sp³-hybridized carbons (Fsp3) is 0.214. The second-order valence-electron chi connectivity index (χ2n) is 3.09. The lowest BCUT2D eigenvalue weighted by molar-refractivity contribution is 0.112. The summed E-state index contributed by atoms with van der Waals surface area (Å²) in [6.45, 7) is 4.00. The Hall–Kier alpha value is -1.83. The van der Waals surface area contributed by atoms with Gasteiger partial charge in [-0.05, 0) is 29.0 Å². The molecule has 0 unspecified atom stereocenters. The minimum atomic E-state index is 0.697. The summed E-state index contributed by atoms with van der Waals surface area (Å²) in [7, 11) is 1.64. The first-order valence-corrected chi connectivity index (χ1v) is 5.36. The lowest BCUT2D eigenvalue weighted by atomic mass is 10.1. The minimum absolute atomic E-state index is 0.697. The molecule has 0 aromatic heterocycles. The fourth-order valence-corrected chi connectivity index (χ4v) is 1.44. The van der Waals surface area contributed by atoms with Gasteiger partial charge in [0.15, 0.2) is 0 Å². The van der Waals surface area contributed by atoms with Gasteiger partial charge in [0.2, 0.25) is 0 Å². The van der Waals surface area contributed by atoms with Crippen molar-refractivity contribution in [2.75, 3.05) is 7.11 Å². The SMILES string of the molecule is CC.COc1ccc2cc(C=O)ccc2c1. The molecule has 2 rings (SSSR count). The monoisotopic (exact) mass is 216 g/mol. The Balaban J connectivity index is 0.000000606. The third-order valence-electron chi connectivity index (χ3n) is 2.21. The Labute approximate surface area is 95.9 Å². The summed E-state index contributed by atoms with van der Waals surface area (Å²) in [5.74, 6) is 0.830. The molecule has 0 spiro atoms. The van der Waals surface area contributed by atoms with E-state index in [4.69, 9.17) is 4.74 Å². The highest BCUT2D eigenvalue weighted by Gasteiger charge is 1.97. The van der Waals surface area contributed by atoms with Crippen molar-refractivity contribution in [2.45, 2.75) is 13.8 Å². The lowest BCUT2D eigenvalue weighted by Gasteiger charge is -2.02. The quantitative estimate of drug-likeness (QED) is 0.716. The van der Waals surface area contributed by atoms with Crippen LogP contribution in [0.5, 0.6) is 5.75 Å². The van der Waals surface area contributed by atoms with Gasteiger partial charge in [-0.1, -0.05) is 32.0 Å². The van der Waals surface area contributed by atoms with E-state index < -0.39 is 0 Å². The van der Waals surface area contributed by atoms with Crippen molar-refractivity contribution in [1.29, 1.82) is 0 Å². The summed E-state index contributed by atoms with van der Waals surface area (Å²) in [4.78, 5) is 10.5. The zero-order chi connectivity index (χ0) is 12.0. The molecule has 0 saturated heterocycles. The number of aldehydes is 1. The van der Waals surface area contributed by atoms with Crippen molar-refractivity contribution in [3.8, 4) is 5.75 Å². The highest BCUT2D eigenvalue weighted by Crippen LogP contribution is 2.21. The maximum absolute atomic E-state index is 10.5. The van der Waals surface area contributed by atoms with E-state index in [1.165, 1.54) is 0 Å². The first-order chi connectivity index (χ1) is 7.83. The van der Waals surface area contributed by atoms with Gasteiger partial charge in [-0.3, -0.25) is 4.79 Å². The van der Waals surface area contributed by atoms with Crippen molar-refractivity contribution in [1.82, 2.24) is 0 Å².